The summed E-state index contributed by atoms with van der Waals surface area (Å²) in [5, 5.41) is 14.0. The number of nitrogens with one attached hydrogen (secondary N) is 1. The van der Waals surface area contributed by atoms with Gasteiger partial charge in [-0.1, -0.05) is 0 Å². The van der Waals surface area contributed by atoms with Gasteiger partial charge in [-0.3, -0.25) is 14.9 Å². The van der Waals surface area contributed by atoms with Gasteiger partial charge in [0.1, 0.15) is 5.75 Å². The first kappa shape index (κ1) is 20.4. The Morgan fingerprint density at radius 1 is 1.14 bits per heavy atom. The number of carbonyl (C=O) groups is 1. The number of anilines is 2. The molecule has 1 fully saturated rings. The van der Waals surface area contributed by atoms with Crippen molar-refractivity contribution in [3.8, 4) is 11.5 Å². The highest BCUT2D eigenvalue weighted by Gasteiger charge is 2.22. The first-order valence-electron chi connectivity index (χ1n) is 9.63. The number of piperidine rings is 1. The maximum atomic E-state index is 12.5. The Balaban J connectivity index is 1.63. The lowest BCUT2D eigenvalue weighted by atomic mass is 10.1. The van der Waals surface area contributed by atoms with Gasteiger partial charge in [0, 0.05) is 24.5 Å². The molecule has 0 bridgehead atoms. The van der Waals surface area contributed by atoms with Gasteiger partial charge in [0.2, 0.25) is 0 Å². The average molecular weight is 399 g/mol. The van der Waals surface area contributed by atoms with Gasteiger partial charge < -0.3 is 19.7 Å². The average Bonchev–Trinajstić information content (AvgIpc) is 2.75. The number of benzene rings is 2. The van der Waals surface area contributed by atoms with Crippen LogP contribution in [0, 0.1) is 10.1 Å². The van der Waals surface area contributed by atoms with Gasteiger partial charge in [-0.25, -0.2) is 0 Å². The molecule has 1 amide bonds. The third-order valence-electron chi connectivity index (χ3n) is 4.89. The first-order chi connectivity index (χ1) is 14.0. The molecule has 1 atom stereocenters. The minimum Gasteiger partial charge on any atom is -0.496 e. The van der Waals surface area contributed by atoms with Crippen molar-refractivity contribution < 1.29 is 19.2 Å². The molecule has 154 valence electrons. The van der Waals surface area contributed by atoms with E-state index in [0.29, 0.717) is 11.4 Å². The highest BCUT2D eigenvalue weighted by Crippen LogP contribution is 2.32. The van der Waals surface area contributed by atoms with Crippen LogP contribution in [-0.2, 0) is 4.79 Å². The van der Waals surface area contributed by atoms with Crippen LogP contribution in [0.1, 0.15) is 26.2 Å². The fourth-order valence-electron chi connectivity index (χ4n) is 3.26. The maximum absolute atomic E-state index is 12.5. The van der Waals surface area contributed by atoms with Gasteiger partial charge >= 0.3 is 5.69 Å². The van der Waals surface area contributed by atoms with Crippen molar-refractivity contribution in [3.63, 3.8) is 0 Å². The lowest BCUT2D eigenvalue weighted by molar-refractivity contribution is -0.386. The molecule has 0 unspecified atom stereocenters. The maximum Gasteiger partial charge on any atom is 0.314 e. The van der Waals surface area contributed by atoms with E-state index < -0.39 is 11.0 Å². The zero-order valence-electron chi connectivity index (χ0n) is 16.6. The Labute approximate surface area is 169 Å². The molecule has 8 heteroatoms. The molecule has 3 rings (SSSR count). The number of amides is 1. The Hall–Kier alpha value is -3.29. The van der Waals surface area contributed by atoms with Crippen molar-refractivity contribution in [1.82, 2.24) is 0 Å². The van der Waals surface area contributed by atoms with Crippen molar-refractivity contribution >= 4 is 23.0 Å². The van der Waals surface area contributed by atoms with E-state index in [1.54, 1.807) is 13.0 Å². The fourth-order valence-corrected chi connectivity index (χ4v) is 3.26. The second-order valence-electron chi connectivity index (χ2n) is 6.93. The second kappa shape index (κ2) is 9.27. The standard InChI is InChI=1S/C21H25N3O5/c1-15(29-20-11-10-18(28-2)14-19(20)24(26)27)21(25)22-16-6-8-17(9-7-16)23-12-4-3-5-13-23/h6-11,14-15H,3-5,12-13H2,1-2H3,(H,22,25)/t15-/m1/s1. The van der Waals surface area contributed by atoms with Crippen molar-refractivity contribution in [2.75, 3.05) is 30.4 Å². The first-order valence-corrected chi connectivity index (χ1v) is 9.63. The molecule has 2 aromatic carbocycles. The molecule has 0 aliphatic carbocycles. The van der Waals surface area contributed by atoms with Gasteiger partial charge in [-0.15, -0.1) is 0 Å². The van der Waals surface area contributed by atoms with E-state index in [9.17, 15) is 14.9 Å². The molecule has 0 spiro atoms. The van der Waals surface area contributed by atoms with Gasteiger partial charge in [0.25, 0.3) is 5.91 Å². The van der Waals surface area contributed by atoms with Crippen LogP contribution in [0.2, 0.25) is 0 Å². The van der Waals surface area contributed by atoms with Crippen molar-refractivity contribution in [2.45, 2.75) is 32.3 Å². The van der Waals surface area contributed by atoms with Crippen molar-refractivity contribution in [1.29, 1.82) is 0 Å². The van der Waals surface area contributed by atoms with Crippen molar-refractivity contribution in [3.05, 3.63) is 52.6 Å². The molecular weight excluding hydrogens is 374 g/mol. The summed E-state index contributed by atoms with van der Waals surface area (Å²) in [6.07, 6.45) is 2.76. The fraction of sp³-hybridized carbons (Fsp3) is 0.381. The third-order valence-corrected chi connectivity index (χ3v) is 4.89. The molecule has 1 heterocycles. The molecule has 0 aromatic heterocycles. The molecule has 2 aromatic rings. The van der Waals surface area contributed by atoms with E-state index in [1.165, 1.54) is 38.5 Å². The van der Waals surface area contributed by atoms with Crippen LogP contribution in [0.4, 0.5) is 17.1 Å². The zero-order valence-corrected chi connectivity index (χ0v) is 16.6. The quantitative estimate of drug-likeness (QED) is 0.559. The predicted molar refractivity (Wildman–Crippen MR) is 111 cm³/mol. The Morgan fingerprint density at radius 3 is 2.45 bits per heavy atom. The summed E-state index contributed by atoms with van der Waals surface area (Å²) in [4.78, 5) is 25.5. The van der Waals surface area contributed by atoms with Crippen LogP contribution in [0.5, 0.6) is 11.5 Å². The molecule has 8 nitrogen and oxygen atoms in total. The molecule has 1 aliphatic heterocycles. The largest absolute Gasteiger partial charge is 0.496 e. The third kappa shape index (κ3) is 5.16. The number of methoxy groups -OCH3 is 1. The molecule has 0 saturated carbocycles. The van der Waals surface area contributed by atoms with E-state index in [1.807, 2.05) is 24.3 Å². The topological polar surface area (TPSA) is 93.9 Å². The molecule has 1 N–H and O–H groups in total. The molecule has 29 heavy (non-hydrogen) atoms. The summed E-state index contributed by atoms with van der Waals surface area (Å²) < 4.78 is 10.5. The van der Waals surface area contributed by atoms with E-state index in [4.69, 9.17) is 9.47 Å². The molecule has 0 radical (unpaired) electrons. The summed E-state index contributed by atoms with van der Waals surface area (Å²) in [6, 6.07) is 11.9. The predicted octanol–water partition coefficient (Wildman–Crippen LogP) is 4.00. The minimum absolute atomic E-state index is 0.0129. The van der Waals surface area contributed by atoms with Crippen LogP contribution in [0.15, 0.2) is 42.5 Å². The highest BCUT2D eigenvalue weighted by atomic mass is 16.6. The Kier molecular flexibility index (Phi) is 6.54. The molecule has 1 aliphatic rings. The zero-order chi connectivity index (χ0) is 20.8. The number of nitro benzene ring substituents is 1. The Bertz CT molecular complexity index is 863. The monoisotopic (exact) mass is 399 g/mol. The van der Waals surface area contributed by atoms with Crippen LogP contribution < -0.4 is 19.7 Å². The smallest absolute Gasteiger partial charge is 0.314 e. The summed E-state index contributed by atoms with van der Waals surface area (Å²) in [5.41, 5.74) is 1.53. The van der Waals surface area contributed by atoms with Gasteiger partial charge in [-0.05, 0) is 62.6 Å². The minimum atomic E-state index is -0.913. The van der Waals surface area contributed by atoms with E-state index in [0.717, 1.165) is 18.8 Å². The van der Waals surface area contributed by atoms with E-state index in [2.05, 4.69) is 10.2 Å². The highest BCUT2D eigenvalue weighted by molar-refractivity contribution is 5.94. The van der Waals surface area contributed by atoms with Crippen molar-refractivity contribution in [2.24, 2.45) is 0 Å². The van der Waals surface area contributed by atoms with Gasteiger partial charge in [0.15, 0.2) is 11.9 Å². The summed E-state index contributed by atoms with van der Waals surface area (Å²) in [5.74, 6) is -0.0327. The lowest BCUT2D eigenvalue weighted by Gasteiger charge is -2.28. The van der Waals surface area contributed by atoms with Gasteiger partial charge in [0.05, 0.1) is 18.1 Å². The van der Waals surface area contributed by atoms with E-state index >= 15 is 0 Å². The SMILES string of the molecule is COc1ccc(O[C@H](C)C(=O)Nc2ccc(N3CCCCC3)cc2)c([N+](=O)[O-])c1. The lowest BCUT2D eigenvalue weighted by Crippen LogP contribution is -2.30. The van der Waals surface area contributed by atoms with Crippen LogP contribution in [-0.4, -0.2) is 37.1 Å². The number of rotatable bonds is 7. The van der Waals surface area contributed by atoms with Crippen LogP contribution >= 0.6 is 0 Å². The number of hydrogen-bond acceptors (Lipinski definition) is 6. The number of carbonyl (C=O) groups excluding carboxylic acids is 1. The molecule has 1 saturated heterocycles. The number of hydrogen-bond donors (Lipinski definition) is 1. The second-order valence-corrected chi connectivity index (χ2v) is 6.93. The number of nitrogens with zero attached hydrogens (tertiary/aromatic N) is 2. The summed E-state index contributed by atoms with van der Waals surface area (Å²) >= 11 is 0. The summed E-state index contributed by atoms with van der Waals surface area (Å²) in [6.45, 7) is 3.65. The summed E-state index contributed by atoms with van der Waals surface area (Å²) in [7, 11) is 1.42. The molecular formula is C21H25N3O5. The number of nitro groups is 1. The normalized spacial score (nSPS) is 14.8. The number of ether oxygens (including phenoxy) is 2. The van der Waals surface area contributed by atoms with Crippen LogP contribution in [0.25, 0.3) is 0 Å². The van der Waals surface area contributed by atoms with Crippen LogP contribution in [0.3, 0.4) is 0 Å². The van der Waals surface area contributed by atoms with E-state index in [-0.39, 0.29) is 17.3 Å². The van der Waals surface area contributed by atoms with Gasteiger partial charge in [-0.2, -0.15) is 0 Å². The Morgan fingerprint density at radius 2 is 1.83 bits per heavy atom.